The van der Waals surface area contributed by atoms with Gasteiger partial charge < -0.3 is 15.2 Å². The molecule has 1 fully saturated rings. The van der Waals surface area contributed by atoms with Gasteiger partial charge >= 0.3 is 0 Å². The highest BCUT2D eigenvalue weighted by Crippen LogP contribution is 2.23. The first-order chi connectivity index (χ1) is 8.33. The van der Waals surface area contributed by atoms with E-state index in [4.69, 9.17) is 10.3 Å². The summed E-state index contributed by atoms with van der Waals surface area (Å²) in [6, 6.07) is 5.70. The second kappa shape index (κ2) is 4.08. The maximum Gasteiger partial charge on any atom is 0.170 e. The molecule has 0 aliphatic carbocycles. The van der Waals surface area contributed by atoms with Gasteiger partial charge in [0.2, 0.25) is 0 Å². The zero-order valence-corrected chi connectivity index (χ0v) is 9.47. The van der Waals surface area contributed by atoms with Gasteiger partial charge in [-0.05, 0) is 25.0 Å². The van der Waals surface area contributed by atoms with Crippen LogP contribution >= 0.6 is 0 Å². The number of aromatic nitrogens is 2. The molecule has 3 rings (SSSR count). The molecule has 0 radical (unpaired) electrons. The molecule has 2 N–H and O–H groups in total. The van der Waals surface area contributed by atoms with Gasteiger partial charge in [0.25, 0.3) is 0 Å². The van der Waals surface area contributed by atoms with Crippen LogP contribution in [-0.2, 0) is 0 Å². The van der Waals surface area contributed by atoms with Gasteiger partial charge in [-0.15, -0.1) is 0 Å². The van der Waals surface area contributed by atoms with Gasteiger partial charge in [0.05, 0.1) is 0 Å². The summed E-state index contributed by atoms with van der Waals surface area (Å²) in [5, 5.41) is 3.66. The SMILES string of the molecule is Nc1cc(-c2ccc(N3CCCC3)nc2)on1. The Balaban J connectivity index is 1.84. The van der Waals surface area contributed by atoms with Crippen LogP contribution in [0, 0.1) is 0 Å². The molecule has 0 aromatic carbocycles. The molecule has 3 heterocycles. The van der Waals surface area contributed by atoms with E-state index in [1.54, 1.807) is 12.3 Å². The molecule has 2 aromatic rings. The first-order valence-corrected chi connectivity index (χ1v) is 5.76. The average molecular weight is 230 g/mol. The predicted octanol–water partition coefficient (Wildman–Crippen LogP) is 1.92. The number of hydrogen-bond acceptors (Lipinski definition) is 5. The zero-order valence-electron chi connectivity index (χ0n) is 9.47. The number of rotatable bonds is 2. The van der Waals surface area contributed by atoms with Crippen LogP contribution in [-0.4, -0.2) is 23.2 Å². The fraction of sp³-hybridized carbons (Fsp3) is 0.333. The third kappa shape index (κ3) is 1.95. The number of nitrogen functional groups attached to an aromatic ring is 1. The van der Waals surface area contributed by atoms with Gasteiger partial charge in [0.15, 0.2) is 11.6 Å². The van der Waals surface area contributed by atoms with Gasteiger partial charge in [-0.1, -0.05) is 5.16 Å². The minimum absolute atomic E-state index is 0.392. The Morgan fingerprint density at radius 2 is 2.06 bits per heavy atom. The lowest BCUT2D eigenvalue weighted by Gasteiger charge is -2.15. The lowest BCUT2D eigenvalue weighted by molar-refractivity contribution is 0.435. The van der Waals surface area contributed by atoms with Crippen LogP contribution in [0.3, 0.4) is 0 Å². The van der Waals surface area contributed by atoms with Crippen LogP contribution in [0.25, 0.3) is 11.3 Å². The summed E-state index contributed by atoms with van der Waals surface area (Å²) in [4.78, 5) is 6.73. The molecule has 1 aliphatic rings. The Bertz CT molecular complexity index is 499. The number of anilines is 2. The monoisotopic (exact) mass is 230 g/mol. The topological polar surface area (TPSA) is 68.2 Å². The summed E-state index contributed by atoms with van der Waals surface area (Å²) < 4.78 is 5.09. The zero-order chi connectivity index (χ0) is 11.7. The highest BCUT2D eigenvalue weighted by molar-refractivity contribution is 5.60. The van der Waals surface area contributed by atoms with E-state index in [0.717, 1.165) is 24.5 Å². The summed E-state index contributed by atoms with van der Waals surface area (Å²) in [5.41, 5.74) is 6.41. The molecule has 0 atom stereocenters. The van der Waals surface area contributed by atoms with Crippen LogP contribution < -0.4 is 10.6 Å². The van der Waals surface area contributed by atoms with E-state index < -0.39 is 0 Å². The normalized spacial score (nSPS) is 15.4. The highest BCUT2D eigenvalue weighted by atomic mass is 16.5. The van der Waals surface area contributed by atoms with E-state index in [1.165, 1.54) is 12.8 Å². The summed E-state index contributed by atoms with van der Waals surface area (Å²) in [6.45, 7) is 2.20. The van der Waals surface area contributed by atoms with E-state index in [-0.39, 0.29) is 0 Å². The number of pyridine rings is 1. The van der Waals surface area contributed by atoms with Crippen molar-refractivity contribution in [1.82, 2.24) is 10.1 Å². The Morgan fingerprint density at radius 1 is 1.24 bits per heavy atom. The van der Waals surface area contributed by atoms with Crippen molar-refractivity contribution in [3.8, 4) is 11.3 Å². The highest BCUT2D eigenvalue weighted by Gasteiger charge is 2.13. The Labute approximate surface area is 99.2 Å². The summed E-state index contributed by atoms with van der Waals surface area (Å²) in [7, 11) is 0. The minimum atomic E-state index is 0.392. The predicted molar refractivity (Wildman–Crippen MR) is 65.6 cm³/mol. The quantitative estimate of drug-likeness (QED) is 0.853. The smallest absolute Gasteiger partial charge is 0.170 e. The van der Waals surface area contributed by atoms with Gasteiger partial charge in [0.1, 0.15) is 5.82 Å². The third-order valence-corrected chi connectivity index (χ3v) is 2.99. The van der Waals surface area contributed by atoms with Gasteiger partial charge in [-0.2, -0.15) is 0 Å². The van der Waals surface area contributed by atoms with Crippen molar-refractivity contribution in [3.05, 3.63) is 24.4 Å². The van der Waals surface area contributed by atoms with Gasteiger partial charge in [-0.25, -0.2) is 4.98 Å². The Hall–Kier alpha value is -2.04. The van der Waals surface area contributed by atoms with Crippen molar-refractivity contribution < 1.29 is 4.52 Å². The lowest BCUT2D eigenvalue weighted by Crippen LogP contribution is -2.18. The first-order valence-electron chi connectivity index (χ1n) is 5.76. The van der Waals surface area contributed by atoms with E-state index in [2.05, 4.69) is 15.0 Å². The molecule has 5 nitrogen and oxygen atoms in total. The minimum Gasteiger partial charge on any atom is -0.381 e. The molecule has 1 aliphatic heterocycles. The van der Waals surface area contributed by atoms with Crippen molar-refractivity contribution in [2.75, 3.05) is 23.7 Å². The number of nitrogens with zero attached hydrogens (tertiary/aromatic N) is 3. The molecule has 0 saturated carbocycles. The maximum absolute atomic E-state index is 5.51. The fourth-order valence-corrected chi connectivity index (χ4v) is 2.09. The Morgan fingerprint density at radius 3 is 2.65 bits per heavy atom. The summed E-state index contributed by atoms with van der Waals surface area (Å²) in [5.74, 6) is 2.07. The Kier molecular flexibility index (Phi) is 2.44. The second-order valence-corrected chi connectivity index (χ2v) is 4.22. The van der Waals surface area contributed by atoms with Crippen LogP contribution in [0.5, 0.6) is 0 Å². The van der Waals surface area contributed by atoms with Crippen LogP contribution in [0.15, 0.2) is 28.9 Å². The molecule has 0 amide bonds. The van der Waals surface area contributed by atoms with Crippen LogP contribution in [0.2, 0.25) is 0 Å². The molecular formula is C12H14N4O. The van der Waals surface area contributed by atoms with Crippen molar-refractivity contribution in [1.29, 1.82) is 0 Å². The van der Waals surface area contributed by atoms with E-state index in [9.17, 15) is 0 Å². The van der Waals surface area contributed by atoms with Crippen LogP contribution in [0.4, 0.5) is 11.6 Å². The molecular weight excluding hydrogens is 216 g/mol. The van der Waals surface area contributed by atoms with Crippen molar-refractivity contribution >= 4 is 11.6 Å². The molecule has 5 heteroatoms. The second-order valence-electron chi connectivity index (χ2n) is 4.22. The van der Waals surface area contributed by atoms with Crippen molar-refractivity contribution in [2.24, 2.45) is 0 Å². The van der Waals surface area contributed by atoms with Crippen molar-refractivity contribution in [3.63, 3.8) is 0 Å². The van der Waals surface area contributed by atoms with E-state index in [1.807, 2.05) is 12.1 Å². The molecule has 0 spiro atoms. The van der Waals surface area contributed by atoms with Gasteiger partial charge in [0, 0.05) is 30.9 Å². The molecule has 0 bridgehead atoms. The van der Waals surface area contributed by atoms with Crippen molar-refractivity contribution in [2.45, 2.75) is 12.8 Å². The first kappa shape index (κ1) is 10.1. The summed E-state index contributed by atoms with van der Waals surface area (Å²) >= 11 is 0. The molecule has 2 aromatic heterocycles. The molecule has 88 valence electrons. The largest absolute Gasteiger partial charge is 0.381 e. The standard InChI is InChI=1S/C12H14N4O/c13-11-7-10(17-15-11)9-3-4-12(14-8-9)16-5-1-2-6-16/h3-4,7-8H,1-2,5-6H2,(H2,13,15). The van der Waals surface area contributed by atoms with Gasteiger partial charge in [-0.3, -0.25) is 0 Å². The average Bonchev–Trinajstić information content (AvgIpc) is 3.00. The molecule has 1 saturated heterocycles. The van der Waals surface area contributed by atoms with Crippen LogP contribution in [0.1, 0.15) is 12.8 Å². The van der Waals surface area contributed by atoms with E-state index in [0.29, 0.717) is 11.6 Å². The number of hydrogen-bond donors (Lipinski definition) is 1. The van der Waals surface area contributed by atoms with E-state index >= 15 is 0 Å². The molecule has 0 unspecified atom stereocenters. The summed E-state index contributed by atoms with van der Waals surface area (Å²) in [6.07, 6.45) is 4.30. The lowest BCUT2D eigenvalue weighted by atomic mass is 10.2. The fourth-order valence-electron chi connectivity index (χ4n) is 2.09. The number of nitrogens with two attached hydrogens (primary N) is 1. The third-order valence-electron chi connectivity index (χ3n) is 2.99. The molecule has 17 heavy (non-hydrogen) atoms. The maximum atomic E-state index is 5.51.